The van der Waals surface area contributed by atoms with E-state index in [0.717, 1.165) is 12.0 Å². The Morgan fingerprint density at radius 2 is 2.24 bits per heavy atom. The van der Waals surface area contributed by atoms with Crippen LogP contribution in [0.2, 0.25) is 0 Å². The number of sulfone groups is 1. The lowest BCUT2D eigenvalue weighted by molar-refractivity contribution is -0.132. The van der Waals surface area contributed by atoms with E-state index < -0.39 is 9.84 Å². The van der Waals surface area contributed by atoms with Gasteiger partial charge in [-0.1, -0.05) is 19.1 Å². The first kappa shape index (κ1) is 19.8. The molecule has 0 unspecified atom stereocenters. The minimum absolute atomic E-state index is 0.00196. The van der Waals surface area contributed by atoms with E-state index in [1.54, 1.807) is 11.0 Å². The number of hydrogen-bond acceptors (Lipinski definition) is 5. The predicted octanol–water partition coefficient (Wildman–Crippen LogP) is 2.61. The quantitative estimate of drug-likeness (QED) is 0.726. The third-order valence-electron chi connectivity index (χ3n) is 4.51. The average Bonchev–Trinajstić information content (AvgIpc) is 2.94. The summed E-state index contributed by atoms with van der Waals surface area (Å²) in [5.74, 6) is 1.22. The van der Waals surface area contributed by atoms with Crippen molar-refractivity contribution >= 4 is 27.5 Å². The van der Waals surface area contributed by atoms with Crippen LogP contribution in [-0.2, 0) is 20.4 Å². The minimum atomic E-state index is -3.02. The number of rotatable bonds is 7. The van der Waals surface area contributed by atoms with Crippen LogP contribution in [0.4, 0.5) is 0 Å². The van der Waals surface area contributed by atoms with E-state index in [9.17, 15) is 13.2 Å². The van der Waals surface area contributed by atoms with Crippen molar-refractivity contribution < 1.29 is 13.2 Å². The maximum Gasteiger partial charge on any atom is 0.233 e. The molecule has 0 aromatic heterocycles. The smallest absolute Gasteiger partial charge is 0.233 e. The van der Waals surface area contributed by atoms with Gasteiger partial charge in [0, 0.05) is 17.8 Å². The minimum Gasteiger partial charge on any atom is -0.335 e. The Hall–Kier alpha value is -1.52. The summed E-state index contributed by atoms with van der Waals surface area (Å²) in [6.07, 6.45) is 1.34. The molecule has 0 bridgehead atoms. The van der Waals surface area contributed by atoms with Gasteiger partial charge in [0.2, 0.25) is 5.91 Å². The number of nitrogens with zero attached hydrogens (tertiary/aromatic N) is 2. The highest BCUT2D eigenvalue weighted by atomic mass is 32.2. The molecule has 1 fully saturated rings. The molecule has 0 saturated carbocycles. The number of carbonyl (C=O) groups excluding carboxylic acids is 1. The van der Waals surface area contributed by atoms with Crippen LogP contribution >= 0.6 is 11.8 Å². The Morgan fingerprint density at radius 1 is 1.48 bits per heavy atom. The summed E-state index contributed by atoms with van der Waals surface area (Å²) in [5.41, 5.74) is 1.62. The summed E-state index contributed by atoms with van der Waals surface area (Å²) in [4.78, 5) is 14.5. The van der Waals surface area contributed by atoms with E-state index in [0.29, 0.717) is 23.5 Å². The lowest BCUT2D eigenvalue weighted by Crippen LogP contribution is -2.47. The van der Waals surface area contributed by atoms with Gasteiger partial charge in [0.05, 0.1) is 28.9 Å². The van der Waals surface area contributed by atoms with Gasteiger partial charge >= 0.3 is 0 Å². The topological polar surface area (TPSA) is 78.2 Å². The normalized spacial score (nSPS) is 20.0. The van der Waals surface area contributed by atoms with Gasteiger partial charge in [-0.3, -0.25) is 4.79 Å². The van der Waals surface area contributed by atoms with Gasteiger partial charge in [0.15, 0.2) is 9.84 Å². The lowest BCUT2D eigenvalue weighted by Gasteiger charge is -2.33. The van der Waals surface area contributed by atoms with Gasteiger partial charge < -0.3 is 4.90 Å². The molecule has 0 aliphatic carbocycles. The van der Waals surface area contributed by atoms with Gasteiger partial charge in [-0.05, 0) is 37.5 Å². The summed E-state index contributed by atoms with van der Waals surface area (Å²) in [6.45, 7) is 3.98. The van der Waals surface area contributed by atoms with Crippen LogP contribution < -0.4 is 0 Å². The van der Waals surface area contributed by atoms with Crippen LogP contribution in [0.15, 0.2) is 24.3 Å². The molecule has 1 saturated heterocycles. The number of carbonyl (C=O) groups is 1. The number of hydrogen-bond donors (Lipinski definition) is 0. The molecule has 5 nitrogen and oxygen atoms in total. The number of amides is 1. The van der Waals surface area contributed by atoms with Crippen molar-refractivity contribution in [2.24, 2.45) is 0 Å². The van der Waals surface area contributed by atoms with Crippen LogP contribution in [0.1, 0.15) is 37.8 Å². The lowest BCUT2D eigenvalue weighted by atomic mass is 10.1. The molecule has 0 N–H and O–H groups in total. The summed E-state index contributed by atoms with van der Waals surface area (Å²) in [5, 5.41) is 8.93. The van der Waals surface area contributed by atoms with Crippen LogP contribution in [0, 0.1) is 11.3 Å². The van der Waals surface area contributed by atoms with E-state index in [-0.39, 0.29) is 29.5 Å². The Kier molecular flexibility index (Phi) is 6.91. The van der Waals surface area contributed by atoms with Crippen LogP contribution in [0.3, 0.4) is 0 Å². The molecule has 1 amide bonds. The SMILES string of the molecule is CC[C@H](C)N(C(=O)CSCc1cccc(C#N)c1)[C@@H]1CCS(=O)(=O)C1. The summed E-state index contributed by atoms with van der Waals surface area (Å²) in [6, 6.07) is 9.31. The van der Waals surface area contributed by atoms with Crippen molar-refractivity contribution in [1.82, 2.24) is 4.90 Å². The maximum absolute atomic E-state index is 12.7. The van der Waals surface area contributed by atoms with Crippen molar-refractivity contribution in [3.8, 4) is 6.07 Å². The fourth-order valence-electron chi connectivity index (χ4n) is 3.06. The van der Waals surface area contributed by atoms with Gasteiger partial charge in [0.1, 0.15) is 0 Å². The van der Waals surface area contributed by atoms with E-state index >= 15 is 0 Å². The number of thioether (sulfide) groups is 1. The molecule has 0 spiro atoms. The van der Waals surface area contributed by atoms with Gasteiger partial charge in [-0.2, -0.15) is 5.26 Å². The third kappa shape index (κ3) is 5.48. The fourth-order valence-corrected chi connectivity index (χ4v) is 5.61. The molecular formula is C18H24N2O3S2. The van der Waals surface area contributed by atoms with Gasteiger partial charge in [-0.15, -0.1) is 11.8 Å². The van der Waals surface area contributed by atoms with Crippen LogP contribution in [0.25, 0.3) is 0 Å². The summed E-state index contributed by atoms with van der Waals surface area (Å²) >= 11 is 1.50. The molecule has 0 radical (unpaired) electrons. The third-order valence-corrected chi connectivity index (χ3v) is 7.24. The molecule has 1 aromatic rings. The molecule has 2 atom stereocenters. The molecule has 1 aromatic carbocycles. The number of benzene rings is 1. The van der Waals surface area contributed by atoms with Crippen molar-refractivity contribution in [3.05, 3.63) is 35.4 Å². The van der Waals surface area contributed by atoms with Crippen molar-refractivity contribution in [1.29, 1.82) is 5.26 Å². The van der Waals surface area contributed by atoms with Crippen LogP contribution in [0.5, 0.6) is 0 Å². The Bertz CT molecular complexity index is 756. The zero-order chi connectivity index (χ0) is 18.4. The zero-order valence-corrected chi connectivity index (χ0v) is 16.3. The Balaban J connectivity index is 1.96. The second-order valence-electron chi connectivity index (χ2n) is 6.42. The fraction of sp³-hybridized carbons (Fsp3) is 0.556. The van der Waals surface area contributed by atoms with Crippen LogP contribution in [-0.4, -0.2) is 48.6 Å². The second kappa shape index (κ2) is 8.72. The summed E-state index contributed by atoms with van der Waals surface area (Å²) < 4.78 is 23.5. The molecule has 1 aliphatic heterocycles. The molecule has 1 heterocycles. The molecule has 7 heteroatoms. The predicted molar refractivity (Wildman–Crippen MR) is 101 cm³/mol. The maximum atomic E-state index is 12.7. The molecule has 1 aliphatic rings. The molecular weight excluding hydrogens is 356 g/mol. The largest absolute Gasteiger partial charge is 0.335 e. The monoisotopic (exact) mass is 380 g/mol. The highest BCUT2D eigenvalue weighted by molar-refractivity contribution is 7.99. The van der Waals surface area contributed by atoms with Crippen molar-refractivity contribution in [3.63, 3.8) is 0 Å². The highest BCUT2D eigenvalue weighted by Crippen LogP contribution is 2.23. The molecule has 25 heavy (non-hydrogen) atoms. The standard InChI is InChI=1S/C18H24N2O3S2/c1-3-14(2)20(17-7-8-25(22,23)13-17)18(21)12-24-11-16-6-4-5-15(9-16)10-19/h4-6,9,14,17H,3,7-8,11-13H2,1-2H3/t14-,17+/m0/s1. The first-order valence-corrected chi connectivity index (χ1v) is 11.4. The van der Waals surface area contributed by atoms with E-state index in [2.05, 4.69) is 6.07 Å². The van der Waals surface area contributed by atoms with Gasteiger partial charge in [0.25, 0.3) is 0 Å². The first-order chi connectivity index (χ1) is 11.9. The Morgan fingerprint density at radius 3 is 2.84 bits per heavy atom. The zero-order valence-electron chi connectivity index (χ0n) is 14.6. The molecule has 136 valence electrons. The Labute approximate surface area is 154 Å². The van der Waals surface area contributed by atoms with Crippen molar-refractivity contribution in [2.75, 3.05) is 17.3 Å². The first-order valence-electron chi connectivity index (χ1n) is 8.44. The average molecular weight is 381 g/mol. The van der Waals surface area contributed by atoms with Gasteiger partial charge in [-0.25, -0.2) is 8.42 Å². The van der Waals surface area contributed by atoms with E-state index in [4.69, 9.17) is 5.26 Å². The molecule has 2 rings (SSSR count). The van der Waals surface area contributed by atoms with Crippen molar-refractivity contribution in [2.45, 2.75) is 44.5 Å². The van der Waals surface area contributed by atoms with E-state index in [1.165, 1.54) is 11.8 Å². The number of nitriles is 1. The second-order valence-corrected chi connectivity index (χ2v) is 9.63. The summed E-state index contributed by atoms with van der Waals surface area (Å²) in [7, 11) is -3.02. The van der Waals surface area contributed by atoms with E-state index in [1.807, 2.05) is 32.0 Å². The highest BCUT2D eigenvalue weighted by Gasteiger charge is 2.36.